The predicted octanol–water partition coefficient (Wildman–Crippen LogP) is 4.04. The maximum atomic E-state index is 10.8. The Morgan fingerprint density at radius 1 is 1.00 bits per heavy atom. The highest BCUT2D eigenvalue weighted by Gasteiger charge is 2.20. The zero-order valence-electron chi connectivity index (χ0n) is 14.8. The van der Waals surface area contributed by atoms with Gasteiger partial charge in [-0.2, -0.15) is 0 Å². The maximum absolute atomic E-state index is 10.8. The van der Waals surface area contributed by atoms with Gasteiger partial charge in [0.25, 0.3) is 5.69 Å². The first kappa shape index (κ1) is 17.6. The van der Waals surface area contributed by atoms with Crippen molar-refractivity contribution in [1.29, 1.82) is 0 Å². The Labute approximate surface area is 161 Å². The average molecular weight is 380 g/mol. The number of benzene rings is 2. The number of anilines is 1. The minimum atomic E-state index is -0.361. The first-order valence-corrected chi connectivity index (χ1v) is 9.78. The molecule has 7 heteroatoms. The van der Waals surface area contributed by atoms with Crippen molar-refractivity contribution in [2.45, 2.75) is 6.54 Å². The van der Waals surface area contributed by atoms with Crippen molar-refractivity contribution < 1.29 is 4.92 Å². The molecule has 4 rings (SSSR count). The zero-order valence-corrected chi connectivity index (χ0v) is 15.6. The van der Waals surface area contributed by atoms with Crippen molar-refractivity contribution in [2.75, 3.05) is 31.1 Å². The van der Waals surface area contributed by atoms with Gasteiger partial charge >= 0.3 is 0 Å². The lowest BCUT2D eigenvalue weighted by atomic mass is 10.2. The van der Waals surface area contributed by atoms with E-state index in [-0.39, 0.29) is 10.6 Å². The largest absolute Gasteiger partial charge is 0.346 e. The fourth-order valence-corrected chi connectivity index (χ4v) is 4.12. The Morgan fingerprint density at radius 3 is 2.37 bits per heavy atom. The van der Waals surface area contributed by atoms with E-state index in [9.17, 15) is 10.1 Å². The summed E-state index contributed by atoms with van der Waals surface area (Å²) >= 11 is 1.69. The second kappa shape index (κ2) is 7.85. The number of hydrogen-bond donors (Lipinski definition) is 0. The Kier molecular flexibility index (Phi) is 5.13. The molecule has 0 amide bonds. The van der Waals surface area contributed by atoms with Gasteiger partial charge in [0.1, 0.15) is 0 Å². The van der Waals surface area contributed by atoms with Crippen LogP contribution in [0.1, 0.15) is 5.56 Å². The highest BCUT2D eigenvalue weighted by Crippen LogP contribution is 2.28. The molecule has 0 saturated carbocycles. The van der Waals surface area contributed by atoms with Gasteiger partial charge in [-0.05, 0) is 5.56 Å². The summed E-state index contributed by atoms with van der Waals surface area (Å²) in [5, 5.41) is 13.9. The third-order valence-corrected chi connectivity index (χ3v) is 5.66. The number of hydrogen-bond acceptors (Lipinski definition) is 6. The Hall–Kier alpha value is -2.77. The molecule has 1 aliphatic rings. The van der Waals surface area contributed by atoms with E-state index in [0.29, 0.717) is 0 Å². The summed E-state index contributed by atoms with van der Waals surface area (Å²) in [6, 6.07) is 17.1. The molecule has 0 spiro atoms. The van der Waals surface area contributed by atoms with Crippen LogP contribution >= 0.6 is 11.3 Å². The first-order chi connectivity index (χ1) is 13.2. The second-order valence-electron chi connectivity index (χ2n) is 6.57. The molecule has 1 fully saturated rings. The van der Waals surface area contributed by atoms with Crippen LogP contribution in [0.4, 0.5) is 10.8 Å². The van der Waals surface area contributed by atoms with Crippen molar-refractivity contribution in [3.8, 4) is 11.3 Å². The molecule has 0 unspecified atom stereocenters. The van der Waals surface area contributed by atoms with Crippen LogP contribution in [-0.4, -0.2) is 41.0 Å². The molecule has 0 atom stereocenters. The lowest BCUT2D eigenvalue weighted by molar-refractivity contribution is -0.384. The van der Waals surface area contributed by atoms with Crippen LogP contribution in [0.15, 0.2) is 60.0 Å². The maximum Gasteiger partial charge on any atom is 0.269 e. The van der Waals surface area contributed by atoms with Crippen molar-refractivity contribution >= 4 is 22.2 Å². The van der Waals surface area contributed by atoms with E-state index in [2.05, 4.69) is 27.3 Å². The van der Waals surface area contributed by atoms with Crippen LogP contribution in [0.3, 0.4) is 0 Å². The number of aromatic nitrogens is 1. The molecular weight excluding hydrogens is 360 g/mol. The normalized spacial score (nSPS) is 15.0. The monoisotopic (exact) mass is 380 g/mol. The van der Waals surface area contributed by atoms with Crippen LogP contribution in [0.2, 0.25) is 0 Å². The molecular formula is C20H20N4O2S. The third kappa shape index (κ3) is 4.15. The summed E-state index contributed by atoms with van der Waals surface area (Å²) < 4.78 is 0. The van der Waals surface area contributed by atoms with Crippen LogP contribution in [0, 0.1) is 10.1 Å². The summed E-state index contributed by atoms with van der Waals surface area (Å²) in [5.74, 6) is 0. The quantitative estimate of drug-likeness (QED) is 0.494. The fourth-order valence-electron chi connectivity index (χ4n) is 3.23. The smallest absolute Gasteiger partial charge is 0.269 e. The van der Waals surface area contributed by atoms with Gasteiger partial charge in [0.05, 0.1) is 10.6 Å². The van der Waals surface area contributed by atoms with E-state index in [1.807, 2.05) is 30.3 Å². The van der Waals surface area contributed by atoms with Crippen molar-refractivity contribution in [3.63, 3.8) is 0 Å². The first-order valence-electron chi connectivity index (χ1n) is 8.90. The minimum Gasteiger partial charge on any atom is -0.346 e. The van der Waals surface area contributed by atoms with Gasteiger partial charge in [0.15, 0.2) is 5.13 Å². The number of piperazine rings is 1. The summed E-state index contributed by atoms with van der Waals surface area (Å²) in [6.45, 7) is 4.61. The van der Waals surface area contributed by atoms with Crippen LogP contribution in [0.5, 0.6) is 0 Å². The lowest BCUT2D eigenvalue weighted by Crippen LogP contribution is -2.45. The van der Waals surface area contributed by atoms with E-state index in [0.717, 1.165) is 54.7 Å². The second-order valence-corrected chi connectivity index (χ2v) is 7.40. The molecule has 27 heavy (non-hydrogen) atoms. The van der Waals surface area contributed by atoms with E-state index >= 15 is 0 Å². The number of rotatable bonds is 5. The SMILES string of the molecule is O=[N+]([O-])c1ccc(CN2CCN(c3nc(-c4ccccc4)cs3)CC2)cc1. The molecule has 2 aromatic carbocycles. The molecule has 0 radical (unpaired) electrons. The van der Waals surface area contributed by atoms with E-state index in [1.165, 1.54) is 0 Å². The van der Waals surface area contributed by atoms with Crippen LogP contribution in [-0.2, 0) is 6.54 Å². The van der Waals surface area contributed by atoms with Gasteiger partial charge in [-0.25, -0.2) is 4.98 Å². The average Bonchev–Trinajstić information content (AvgIpc) is 3.20. The molecule has 138 valence electrons. The summed E-state index contributed by atoms with van der Waals surface area (Å²) in [5.41, 5.74) is 3.43. The van der Waals surface area contributed by atoms with Crippen molar-refractivity contribution in [1.82, 2.24) is 9.88 Å². The number of nitro benzene ring substituents is 1. The summed E-state index contributed by atoms with van der Waals surface area (Å²) in [6.07, 6.45) is 0. The Balaban J connectivity index is 1.34. The van der Waals surface area contributed by atoms with Gasteiger partial charge in [-0.1, -0.05) is 42.5 Å². The molecule has 6 nitrogen and oxygen atoms in total. The number of nitro groups is 1. The Bertz CT molecular complexity index is 903. The zero-order chi connectivity index (χ0) is 18.6. The number of non-ortho nitro benzene ring substituents is 1. The Morgan fingerprint density at radius 2 is 1.70 bits per heavy atom. The predicted molar refractivity (Wildman–Crippen MR) is 108 cm³/mol. The van der Waals surface area contributed by atoms with Gasteiger partial charge in [-0.3, -0.25) is 15.0 Å². The molecule has 0 bridgehead atoms. The van der Waals surface area contributed by atoms with Crippen LogP contribution in [0.25, 0.3) is 11.3 Å². The van der Waals surface area contributed by atoms with Gasteiger partial charge in [0.2, 0.25) is 0 Å². The van der Waals surface area contributed by atoms with Gasteiger partial charge in [-0.15, -0.1) is 11.3 Å². The number of thiazole rings is 1. The van der Waals surface area contributed by atoms with E-state index in [1.54, 1.807) is 23.5 Å². The lowest BCUT2D eigenvalue weighted by Gasteiger charge is -2.34. The topological polar surface area (TPSA) is 62.5 Å². The molecule has 1 aromatic heterocycles. The highest BCUT2D eigenvalue weighted by atomic mass is 32.1. The van der Waals surface area contributed by atoms with E-state index in [4.69, 9.17) is 4.98 Å². The molecule has 1 aliphatic heterocycles. The van der Waals surface area contributed by atoms with Crippen LogP contribution < -0.4 is 4.90 Å². The third-order valence-electron chi connectivity index (χ3n) is 4.76. The molecule has 1 saturated heterocycles. The summed E-state index contributed by atoms with van der Waals surface area (Å²) in [7, 11) is 0. The molecule has 2 heterocycles. The van der Waals surface area contributed by atoms with Gasteiger partial charge < -0.3 is 4.90 Å². The number of nitrogens with zero attached hydrogens (tertiary/aromatic N) is 4. The van der Waals surface area contributed by atoms with E-state index < -0.39 is 0 Å². The molecule has 0 aliphatic carbocycles. The molecule has 3 aromatic rings. The highest BCUT2D eigenvalue weighted by molar-refractivity contribution is 7.14. The van der Waals surface area contributed by atoms with Crippen molar-refractivity contribution in [3.05, 3.63) is 75.7 Å². The van der Waals surface area contributed by atoms with Crippen molar-refractivity contribution in [2.24, 2.45) is 0 Å². The van der Waals surface area contributed by atoms with Gasteiger partial charge in [0, 0.05) is 55.8 Å². The minimum absolute atomic E-state index is 0.140. The standard InChI is InChI=1S/C20H20N4O2S/c25-24(26)18-8-6-16(7-9-18)14-22-10-12-23(13-11-22)20-21-19(15-27-20)17-4-2-1-3-5-17/h1-9,15H,10-14H2. The summed E-state index contributed by atoms with van der Waals surface area (Å²) in [4.78, 5) is 19.9. The molecule has 0 N–H and O–H groups in total. The fraction of sp³-hybridized carbons (Fsp3) is 0.250.